The topological polar surface area (TPSA) is 79.0 Å². The number of Topliss-reactive ketones (excluding diaryl/α,β-unsaturated/α-hetero) is 1. The van der Waals surface area contributed by atoms with Crippen molar-refractivity contribution in [3.05, 3.63) is 24.0 Å². The smallest absolute Gasteiger partial charge is 0.228 e. The van der Waals surface area contributed by atoms with E-state index in [0.29, 0.717) is 31.9 Å². The second-order valence-electron chi connectivity index (χ2n) is 7.75. The molecule has 2 amide bonds. The molecule has 2 saturated heterocycles. The standard InChI is InChI=1S/C20H26FN3O4/c1-13(12-20(2)17(25)11-18(26)22-20)19(27)24-6-4-23(5-7-24)15-8-14(21)9-16(10-15)28-3/h8-10,13H,4-7,11-12H2,1-3H3,(H,22,26)/t13-,20-/m1/s1. The van der Waals surface area contributed by atoms with Gasteiger partial charge >= 0.3 is 0 Å². The highest BCUT2D eigenvalue weighted by Crippen LogP contribution is 2.27. The molecule has 2 aliphatic heterocycles. The fourth-order valence-electron chi connectivity index (χ4n) is 3.97. The van der Waals surface area contributed by atoms with Crippen LogP contribution >= 0.6 is 0 Å². The summed E-state index contributed by atoms with van der Waals surface area (Å²) < 4.78 is 18.9. The van der Waals surface area contributed by atoms with Crippen LogP contribution in [0.25, 0.3) is 0 Å². The summed E-state index contributed by atoms with van der Waals surface area (Å²) >= 11 is 0. The van der Waals surface area contributed by atoms with E-state index in [1.54, 1.807) is 24.8 Å². The molecule has 2 atom stereocenters. The van der Waals surface area contributed by atoms with E-state index < -0.39 is 5.54 Å². The van der Waals surface area contributed by atoms with Crippen LogP contribution in [0.1, 0.15) is 26.7 Å². The van der Waals surface area contributed by atoms with Crippen LogP contribution in [-0.4, -0.2) is 61.3 Å². The molecule has 0 spiro atoms. The number of ether oxygens (including phenoxy) is 1. The van der Waals surface area contributed by atoms with E-state index >= 15 is 0 Å². The number of benzene rings is 1. The normalized spacial score (nSPS) is 23.6. The maximum absolute atomic E-state index is 13.7. The maximum atomic E-state index is 13.7. The number of nitrogens with zero attached hydrogens (tertiary/aromatic N) is 2. The molecule has 152 valence electrons. The Morgan fingerprint density at radius 2 is 1.93 bits per heavy atom. The zero-order chi connectivity index (χ0) is 20.5. The highest BCUT2D eigenvalue weighted by atomic mass is 19.1. The lowest BCUT2D eigenvalue weighted by atomic mass is 9.87. The van der Waals surface area contributed by atoms with Gasteiger partial charge in [-0.15, -0.1) is 0 Å². The zero-order valence-electron chi connectivity index (χ0n) is 16.5. The van der Waals surface area contributed by atoms with Gasteiger partial charge in [0.15, 0.2) is 5.78 Å². The third kappa shape index (κ3) is 4.10. The Hall–Kier alpha value is -2.64. The van der Waals surface area contributed by atoms with Crippen LogP contribution in [0.4, 0.5) is 10.1 Å². The number of ketones is 1. The van der Waals surface area contributed by atoms with Gasteiger partial charge in [-0.2, -0.15) is 0 Å². The lowest BCUT2D eigenvalue weighted by Crippen LogP contribution is -2.52. The highest BCUT2D eigenvalue weighted by Gasteiger charge is 2.44. The molecule has 0 unspecified atom stereocenters. The van der Waals surface area contributed by atoms with Crippen molar-refractivity contribution in [1.82, 2.24) is 10.2 Å². The lowest BCUT2D eigenvalue weighted by Gasteiger charge is -2.38. The molecule has 3 rings (SSSR count). The van der Waals surface area contributed by atoms with Crippen LogP contribution in [0.5, 0.6) is 5.75 Å². The molecule has 1 aromatic rings. The van der Waals surface area contributed by atoms with Gasteiger partial charge in [0.25, 0.3) is 0 Å². The van der Waals surface area contributed by atoms with Crippen molar-refractivity contribution < 1.29 is 23.5 Å². The Morgan fingerprint density at radius 3 is 2.50 bits per heavy atom. The van der Waals surface area contributed by atoms with Gasteiger partial charge in [0.1, 0.15) is 11.6 Å². The average Bonchev–Trinajstić information content (AvgIpc) is 2.91. The van der Waals surface area contributed by atoms with Crippen molar-refractivity contribution in [2.75, 3.05) is 38.2 Å². The van der Waals surface area contributed by atoms with Crippen molar-refractivity contribution >= 4 is 23.3 Å². The Bertz CT molecular complexity index is 792. The van der Waals surface area contributed by atoms with Gasteiger partial charge in [0.2, 0.25) is 11.8 Å². The number of amides is 2. The summed E-state index contributed by atoms with van der Waals surface area (Å²) in [6, 6.07) is 4.56. The molecule has 2 heterocycles. The van der Waals surface area contributed by atoms with E-state index in [4.69, 9.17) is 4.74 Å². The first kappa shape index (κ1) is 20.1. The fourth-order valence-corrected chi connectivity index (χ4v) is 3.97. The number of methoxy groups -OCH3 is 1. The molecule has 2 fully saturated rings. The molecule has 28 heavy (non-hydrogen) atoms. The molecule has 1 N–H and O–H groups in total. The van der Waals surface area contributed by atoms with Crippen LogP contribution < -0.4 is 15.0 Å². The summed E-state index contributed by atoms with van der Waals surface area (Å²) in [5.74, 6) is -0.773. The molecule has 0 saturated carbocycles. The van der Waals surface area contributed by atoms with E-state index in [-0.39, 0.29) is 42.2 Å². The average molecular weight is 391 g/mol. The Morgan fingerprint density at radius 1 is 1.25 bits per heavy atom. The largest absolute Gasteiger partial charge is 0.497 e. The summed E-state index contributed by atoms with van der Waals surface area (Å²) in [5.41, 5.74) is -0.240. The van der Waals surface area contributed by atoms with Gasteiger partial charge in [-0.3, -0.25) is 14.4 Å². The first-order chi connectivity index (χ1) is 13.2. The monoisotopic (exact) mass is 391 g/mol. The van der Waals surface area contributed by atoms with Crippen molar-refractivity contribution in [2.45, 2.75) is 32.2 Å². The number of carbonyl (C=O) groups is 3. The van der Waals surface area contributed by atoms with Crippen LogP contribution in [0.3, 0.4) is 0 Å². The Kier molecular flexibility index (Phi) is 5.58. The summed E-state index contributed by atoms with van der Waals surface area (Å²) in [7, 11) is 1.49. The van der Waals surface area contributed by atoms with Gasteiger partial charge in [0.05, 0.1) is 19.1 Å². The van der Waals surface area contributed by atoms with E-state index in [1.165, 1.54) is 19.2 Å². The molecular formula is C20H26FN3O4. The predicted octanol–water partition coefficient (Wildman–Crippen LogP) is 1.36. The van der Waals surface area contributed by atoms with Crippen LogP contribution in [0.15, 0.2) is 18.2 Å². The number of rotatable bonds is 5. The third-order valence-corrected chi connectivity index (χ3v) is 5.54. The van der Waals surface area contributed by atoms with Gasteiger partial charge < -0.3 is 19.9 Å². The minimum absolute atomic E-state index is 0.0355. The number of nitrogens with one attached hydrogen (secondary N) is 1. The molecule has 0 aromatic heterocycles. The number of hydrogen-bond donors (Lipinski definition) is 1. The molecule has 0 aliphatic carbocycles. The van der Waals surface area contributed by atoms with Crippen LogP contribution in [0.2, 0.25) is 0 Å². The van der Waals surface area contributed by atoms with Crippen LogP contribution in [-0.2, 0) is 14.4 Å². The number of anilines is 1. The third-order valence-electron chi connectivity index (χ3n) is 5.54. The molecule has 2 aliphatic rings. The summed E-state index contributed by atoms with van der Waals surface area (Å²) in [4.78, 5) is 40.2. The molecular weight excluding hydrogens is 365 g/mol. The maximum Gasteiger partial charge on any atom is 0.228 e. The van der Waals surface area contributed by atoms with E-state index in [2.05, 4.69) is 5.32 Å². The molecule has 7 nitrogen and oxygen atoms in total. The molecule has 8 heteroatoms. The second-order valence-corrected chi connectivity index (χ2v) is 7.75. The number of piperazine rings is 1. The number of halogens is 1. The first-order valence-corrected chi connectivity index (χ1v) is 9.44. The van der Waals surface area contributed by atoms with Crippen molar-refractivity contribution in [3.63, 3.8) is 0 Å². The van der Waals surface area contributed by atoms with Crippen molar-refractivity contribution in [1.29, 1.82) is 0 Å². The van der Waals surface area contributed by atoms with Gasteiger partial charge in [0, 0.05) is 49.9 Å². The van der Waals surface area contributed by atoms with E-state index in [1.807, 2.05) is 4.90 Å². The van der Waals surface area contributed by atoms with Gasteiger partial charge in [-0.1, -0.05) is 6.92 Å². The van der Waals surface area contributed by atoms with E-state index in [0.717, 1.165) is 5.69 Å². The fraction of sp³-hybridized carbons (Fsp3) is 0.550. The molecule has 1 aromatic carbocycles. The summed E-state index contributed by atoms with van der Waals surface area (Å²) in [6.45, 7) is 5.66. The lowest BCUT2D eigenvalue weighted by molar-refractivity contribution is -0.136. The zero-order valence-corrected chi connectivity index (χ0v) is 16.5. The highest BCUT2D eigenvalue weighted by molar-refractivity contribution is 6.10. The van der Waals surface area contributed by atoms with Crippen LogP contribution in [0, 0.1) is 11.7 Å². The minimum atomic E-state index is -0.966. The van der Waals surface area contributed by atoms with Crippen molar-refractivity contribution in [2.24, 2.45) is 5.92 Å². The van der Waals surface area contributed by atoms with E-state index in [9.17, 15) is 18.8 Å². The summed E-state index contributed by atoms with van der Waals surface area (Å²) in [6.07, 6.45) is 0.172. The molecule has 0 bridgehead atoms. The Labute approximate surface area is 163 Å². The number of hydrogen-bond acceptors (Lipinski definition) is 5. The van der Waals surface area contributed by atoms with Gasteiger partial charge in [-0.25, -0.2) is 4.39 Å². The minimum Gasteiger partial charge on any atom is -0.497 e. The predicted molar refractivity (Wildman–Crippen MR) is 102 cm³/mol. The van der Waals surface area contributed by atoms with Gasteiger partial charge in [-0.05, 0) is 19.4 Å². The number of carbonyl (C=O) groups excluding carboxylic acids is 3. The quantitative estimate of drug-likeness (QED) is 0.767. The summed E-state index contributed by atoms with van der Waals surface area (Å²) in [5, 5.41) is 2.70. The SMILES string of the molecule is COc1cc(F)cc(N2CCN(C(=O)[C@H](C)C[C@@]3(C)NC(=O)CC3=O)CC2)c1. The Balaban J connectivity index is 1.58. The van der Waals surface area contributed by atoms with Crippen molar-refractivity contribution in [3.8, 4) is 5.75 Å². The first-order valence-electron chi connectivity index (χ1n) is 9.44. The molecule has 0 radical (unpaired) electrons. The second kappa shape index (κ2) is 7.77.